The van der Waals surface area contributed by atoms with Gasteiger partial charge in [-0.25, -0.2) is 8.78 Å². The number of halogens is 2. The number of hydrogen-bond acceptors (Lipinski definition) is 2. The number of rotatable bonds is 5. The number of aliphatic carboxylic acids is 1. The van der Waals surface area contributed by atoms with E-state index < -0.39 is 23.7 Å². The highest BCUT2D eigenvalue weighted by Gasteiger charge is 2.37. The Morgan fingerprint density at radius 2 is 1.82 bits per heavy atom. The van der Waals surface area contributed by atoms with Gasteiger partial charge in [0.15, 0.2) is 0 Å². The molecule has 0 bridgehead atoms. The Bertz CT molecular complexity index is 523. The van der Waals surface area contributed by atoms with Gasteiger partial charge in [0.1, 0.15) is 0 Å². The van der Waals surface area contributed by atoms with Gasteiger partial charge in [-0.05, 0) is 18.4 Å². The second-order valence-electron chi connectivity index (χ2n) is 5.68. The monoisotopic (exact) mass is 311 g/mol. The van der Waals surface area contributed by atoms with E-state index in [1.165, 1.54) is 0 Å². The number of hydrogen-bond donors (Lipinski definition) is 2. The summed E-state index contributed by atoms with van der Waals surface area (Å²) in [4.78, 5) is 23.3. The number of nitrogens with one attached hydrogen (secondary N) is 1. The van der Waals surface area contributed by atoms with Gasteiger partial charge in [0.25, 0.3) is 0 Å². The molecule has 0 aliphatic heterocycles. The molecule has 0 heterocycles. The van der Waals surface area contributed by atoms with Crippen molar-refractivity contribution in [1.82, 2.24) is 5.32 Å². The lowest BCUT2D eigenvalue weighted by atomic mass is 9.86. The quantitative estimate of drug-likeness (QED) is 0.878. The van der Waals surface area contributed by atoms with Crippen LogP contribution >= 0.6 is 0 Å². The zero-order valence-electron chi connectivity index (χ0n) is 12.1. The topological polar surface area (TPSA) is 66.4 Å². The van der Waals surface area contributed by atoms with Gasteiger partial charge in [0.05, 0.1) is 5.92 Å². The molecule has 1 aliphatic carbocycles. The number of benzene rings is 1. The molecule has 1 aromatic rings. The van der Waals surface area contributed by atoms with Crippen molar-refractivity contribution in [3.05, 3.63) is 35.9 Å². The van der Waals surface area contributed by atoms with Crippen molar-refractivity contribution in [2.75, 3.05) is 6.54 Å². The van der Waals surface area contributed by atoms with Crippen LogP contribution in [0.2, 0.25) is 0 Å². The van der Waals surface area contributed by atoms with Crippen molar-refractivity contribution in [2.24, 2.45) is 5.92 Å². The fourth-order valence-electron chi connectivity index (χ4n) is 2.68. The Morgan fingerprint density at radius 1 is 1.23 bits per heavy atom. The van der Waals surface area contributed by atoms with Crippen LogP contribution in [0.1, 0.15) is 37.2 Å². The van der Waals surface area contributed by atoms with E-state index in [1.807, 2.05) is 0 Å². The van der Waals surface area contributed by atoms with Crippen LogP contribution in [0.25, 0.3) is 0 Å². The van der Waals surface area contributed by atoms with Crippen LogP contribution in [0.15, 0.2) is 30.3 Å². The van der Waals surface area contributed by atoms with Crippen LogP contribution in [-0.2, 0) is 9.59 Å². The fraction of sp³-hybridized carbons (Fsp3) is 0.500. The lowest BCUT2D eigenvalue weighted by Gasteiger charge is -2.27. The van der Waals surface area contributed by atoms with Crippen LogP contribution in [0.3, 0.4) is 0 Å². The molecule has 0 saturated heterocycles. The first-order valence-corrected chi connectivity index (χ1v) is 7.32. The van der Waals surface area contributed by atoms with Gasteiger partial charge in [0.2, 0.25) is 11.8 Å². The Balaban J connectivity index is 1.90. The first-order valence-electron chi connectivity index (χ1n) is 7.32. The average Bonchev–Trinajstić information content (AvgIpc) is 2.48. The Labute approximate surface area is 127 Å². The molecule has 6 heteroatoms. The Hall–Kier alpha value is -1.98. The van der Waals surface area contributed by atoms with Crippen molar-refractivity contribution < 1.29 is 23.5 Å². The molecule has 2 rings (SSSR count). The molecule has 1 amide bonds. The molecule has 1 aromatic carbocycles. The molecule has 1 atom stereocenters. The standard InChI is InChI=1S/C16H19F2NO3/c17-16(18)8-6-12(7-9-16)14(20)19-10-13(15(21)22)11-4-2-1-3-5-11/h1-5,12-13H,6-10H2,(H,19,20)(H,21,22). The van der Waals surface area contributed by atoms with Crippen LogP contribution in [0, 0.1) is 5.92 Å². The number of amides is 1. The number of carboxylic acid groups (broad SMARTS) is 1. The molecule has 0 radical (unpaired) electrons. The molecule has 4 nitrogen and oxygen atoms in total. The van der Waals surface area contributed by atoms with E-state index in [2.05, 4.69) is 5.32 Å². The number of carboxylic acids is 1. The highest BCUT2D eigenvalue weighted by Crippen LogP contribution is 2.36. The SMILES string of the molecule is O=C(NCC(C(=O)O)c1ccccc1)C1CCC(F)(F)CC1. The van der Waals surface area contributed by atoms with Gasteiger partial charge in [-0.15, -0.1) is 0 Å². The summed E-state index contributed by atoms with van der Waals surface area (Å²) in [5.74, 6) is -5.33. The predicted molar refractivity (Wildman–Crippen MR) is 76.7 cm³/mol. The van der Waals surface area contributed by atoms with Crippen LogP contribution in [0.4, 0.5) is 8.78 Å². The smallest absolute Gasteiger partial charge is 0.312 e. The molecule has 0 spiro atoms. The van der Waals surface area contributed by atoms with Crippen molar-refractivity contribution in [2.45, 2.75) is 37.5 Å². The maximum Gasteiger partial charge on any atom is 0.312 e. The lowest BCUT2D eigenvalue weighted by Crippen LogP contribution is -2.38. The molecule has 0 aromatic heterocycles. The molecule has 120 valence electrons. The zero-order chi connectivity index (χ0) is 16.2. The third-order valence-corrected chi connectivity index (χ3v) is 4.07. The summed E-state index contributed by atoms with van der Waals surface area (Å²) >= 11 is 0. The third-order valence-electron chi connectivity index (χ3n) is 4.07. The third kappa shape index (κ3) is 4.26. The normalized spacial score (nSPS) is 19.4. The van der Waals surface area contributed by atoms with Gasteiger partial charge < -0.3 is 10.4 Å². The summed E-state index contributed by atoms with van der Waals surface area (Å²) in [6.45, 7) is -0.0366. The largest absolute Gasteiger partial charge is 0.481 e. The van der Waals surface area contributed by atoms with E-state index in [1.54, 1.807) is 30.3 Å². The summed E-state index contributed by atoms with van der Waals surface area (Å²) in [5, 5.41) is 11.9. The Morgan fingerprint density at radius 3 is 2.36 bits per heavy atom. The molecular formula is C16H19F2NO3. The van der Waals surface area contributed by atoms with Crippen LogP contribution in [0.5, 0.6) is 0 Å². The fourth-order valence-corrected chi connectivity index (χ4v) is 2.68. The molecule has 2 N–H and O–H groups in total. The first-order chi connectivity index (χ1) is 10.4. The molecule has 22 heavy (non-hydrogen) atoms. The average molecular weight is 311 g/mol. The van der Waals surface area contributed by atoms with Gasteiger partial charge in [0, 0.05) is 25.3 Å². The molecular weight excluding hydrogens is 292 g/mol. The molecule has 1 aliphatic rings. The number of carbonyl (C=O) groups is 2. The highest BCUT2D eigenvalue weighted by atomic mass is 19.3. The minimum atomic E-state index is -2.68. The van der Waals surface area contributed by atoms with Crippen molar-refractivity contribution in [3.8, 4) is 0 Å². The van der Waals surface area contributed by atoms with E-state index in [-0.39, 0.29) is 38.1 Å². The second-order valence-corrected chi connectivity index (χ2v) is 5.68. The van der Waals surface area contributed by atoms with Crippen LogP contribution in [-0.4, -0.2) is 29.5 Å². The van der Waals surface area contributed by atoms with E-state index in [4.69, 9.17) is 0 Å². The summed E-state index contributed by atoms with van der Waals surface area (Å²) in [6, 6.07) is 8.62. The minimum Gasteiger partial charge on any atom is -0.481 e. The van der Waals surface area contributed by atoms with E-state index in [9.17, 15) is 23.5 Å². The summed E-state index contributed by atoms with van der Waals surface area (Å²) in [6.07, 6.45) is -0.290. The number of carbonyl (C=O) groups excluding carboxylic acids is 1. The highest BCUT2D eigenvalue weighted by molar-refractivity contribution is 5.81. The maximum atomic E-state index is 13.1. The summed E-state index contributed by atoms with van der Waals surface area (Å²) in [5.41, 5.74) is 0.602. The van der Waals surface area contributed by atoms with Gasteiger partial charge in [-0.3, -0.25) is 9.59 Å². The molecule has 1 saturated carbocycles. The minimum absolute atomic E-state index is 0.0366. The molecule has 1 fully saturated rings. The van der Waals surface area contributed by atoms with Crippen molar-refractivity contribution in [3.63, 3.8) is 0 Å². The summed E-state index contributed by atoms with van der Waals surface area (Å²) in [7, 11) is 0. The number of alkyl halides is 2. The van der Waals surface area contributed by atoms with Gasteiger partial charge >= 0.3 is 5.97 Å². The van der Waals surface area contributed by atoms with E-state index >= 15 is 0 Å². The Kier molecular flexibility index (Phi) is 5.11. The van der Waals surface area contributed by atoms with Crippen molar-refractivity contribution >= 4 is 11.9 Å². The summed E-state index contributed by atoms with van der Waals surface area (Å²) < 4.78 is 26.1. The zero-order valence-corrected chi connectivity index (χ0v) is 12.1. The first kappa shape index (κ1) is 16.4. The predicted octanol–water partition coefficient (Wildman–Crippen LogP) is 2.80. The van der Waals surface area contributed by atoms with Gasteiger partial charge in [-0.1, -0.05) is 30.3 Å². The van der Waals surface area contributed by atoms with E-state index in [0.29, 0.717) is 5.56 Å². The second kappa shape index (κ2) is 6.85. The van der Waals surface area contributed by atoms with E-state index in [0.717, 1.165) is 0 Å². The van der Waals surface area contributed by atoms with Crippen LogP contribution < -0.4 is 5.32 Å². The maximum absolute atomic E-state index is 13.1. The lowest BCUT2D eigenvalue weighted by molar-refractivity contribution is -0.138. The molecule has 1 unspecified atom stereocenters. The van der Waals surface area contributed by atoms with Gasteiger partial charge in [-0.2, -0.15) is 0 Å². The van der Waals surface area contributed by atoms with Crippen molar-refractivity contribution in [1.29, 1.82) is 0 Å².